The van der Waals surface area contributed by atoms with Gasteiger partial charge in [-0.25, -0.2) is 4.79 Å². The van der Waals surface area contributed by atoms with Gasteiger partial charge in [-0.15, -0.1) is 0 Å². The molecule has 1 aliphatic rings. The van der Waals surface area contributed by atoms with Crippen molar-refractivity contribution in [1.29, 1.82) is 0 Å². The molecule has 0 radical (unpaired) electrons. The van der Waals surface area contributed by atoms with Gasteiger partial charge in [0, 0.05) is 63.8 Å². The summed E-state index contributed by atoms with van der Waals surface area (Å²) in [6.45, 7) is 7.00. The van der Waals surface area contributed by atoms with Crippen LogP contribution in [0.25, 0.3) is 10.8 Å². The first-order valence-corrected chi connectivity index (χ1v) is 14.1. The topological polar surface area (TPSA) is 98.4 Å². The van der Waals surface area contributed by atoms with Crippen molar-refractivity contribution in [2.75, 3.05) is 47.1 Å². The molecule has 4 rings (SSSR count). The number of methoxy groups -OCH3 is 2. The number of fused-ring (bicyclic) bond motifs is 1. The van der Waals surface area contributed by atoms with Crippen LogP contribution >= 0.6 is 0 Å². The minimum absolute atomic E-state index is 0.0485. The molecule has 2 atom stereocenters. The van der Waals surface area contributed by atoms with Gasteiger partial charge >= 0.3 is 6.09 Å². The second-order valence-corrected chi connectivity index (χ2v) is 10.5. The van der Waals surface area contributed by atoms with Gasteiger partial charge in [-0.1, -0.05) is 42.5 Å². The third kappa shape index (κ3) is 7.89. The summed E-state index contributed by atoms with van der Waals surface area (Å²) in [7, 11) is 3.22. The van der Waals surface area contributed by atoms with Gasteiger partial charge in [0.05, 0.1) is 13.7 Å². The van der Waals surface area contributed by atoms with Crippen LogP contribution < -0.4 is 20.1 Å². The molecule has 0 aromatic heterocycles. The predicted octanol–water partition coefficient (Wildman–Crippen LogP) is 4.63. The van der Waals surface area contributed by atoms with Crippen LogP contribution in [0.15, 0.2) is 60.7 Å². The Morgan fingerprint density at radius 3 is 2.59 bits per heavy atom. The summed E-state index contributed by atoms with van der Waals surface area (Å²) in [6.07, 6.45) is -0.0989. The van der Waals surface area contributed by atoms with Crippen LogP contribution in [0.4, 0.5) is 4.79 Å². The van der Waals surface area contributed by atoms with Crippen molar-refractivity contribution < 1.29 is 28.5 Å². The molecule has 1 aliphatic heterocycles. The Balaban J connectivity index is 1.38. The van der Waals surface area contributed by atoms with E-state index in [4.69, 9.17) is 18.9 Å². The number of amides is 2. The Morgan fingerprint density at radius 2 is 1.80 bits per heavy atom. The fourth-order valence-corrected chi connectivity index (χ4v) is 5.08. The average Bonchev–Trinajstić information content (AvgIpc) is 3.42. The SMILES string of the molecule is COCCCOc1cc(C(=O)N(C[C@@H]2CNC[C@H]2OC(=O)NCc2cccc3ccccc23)C(C)C)ccc1OC. The van der Waals surface area contributed by atoms with Crippen molar-refractivity contribution in [3.8, 4) is 11.5 Å². The molecule has 2 N–H and O–H groups in total. The number of carbonyl (C=O) groups is 2. The van der Waals surface area contributed by atoms with Crippen LogP contribution in [0.1, 0.15) is 36.2 Å². The second kappa shape index (κ2) is 14.7. The van der Waals surface area contributed by atoms with Gasteiger partial charge in [-0.2, -0.15) is 0 Å². The van der Waals surface area contributed by atoms with E-state index in [-0.39, 0.29) is 24.0 Å². The van der Waals surface area contributed by atoms with Gasteiger partial charge in [0.1, 0.15) is 6.10 Å². The molecular formula is C32H41N3O6. The highest BCUT2D eigenvalue weighted by atomic mass is 16.6. The first-order valence-electron chi connectivity index (χ1n) is 14.1. The van der Waals surface area contributed by atoms with E-state index in [2.05, 4.69) is 22.8 Å². The Kier molecular flexibility index (Phi) is 10.8. The van der Waals surface area contributed by atoms with Crippen molar-refractivity contribution >= 4 is 22.8 Å². The standard InChI is InChI=1S/C32H41N3O6/c1-22(2)35(31(36)24-13-14-28(39-4)29(17-24)40-16-8-15-38-3)21-26-18-33-20-30(26)41-32(37)34-19-25-11-7-10-23-9-5-6-12-27(23)25/h5-7,9-14,17,22,26,30,33H,8,15-16,18-21H2,1-4H3,(H,34,37)/t26-,30+/m0/s1. The van der Waals surface area contributed by atoms with Gasteiger partial charge < -0.3 is 34.5 Å². The van der Waals surface area contributed by atoms with Gasteiger partial charge in [0.15, 0.2) is 11.5 Å². The first-order chi connectivity index (χ1) is 19.9. The van der Waals surface area contributed by atoms with Gasteiger partial charge in [0.2, 0.25) is 0 Å². The van der Waals surface area contributed by atoms with Crippen LogP contribution in [-0.4, -0.2) is 76.1 Å². The highest BCUT2D eigenvalue weighted by Gasteiger charge is 2.34. The van der Waals surface area contributed by atoms with E-state index < -0.39 is 6.09 Å². The largest absolute Gasteiger partial charge is 0.493 e. The Hall–Kier alpha value is -3.82. The lowest BCUT2D eigenvalue weighted by Crippen LogP contribution is -2.44. The molecule has 9 heteroatoms. The molecule has 1 fully saturated rings. The smallest absolute Gasteiger partial charge is 0.407 e. The summed E-state index contributed by atoms with van der Waals surface area (Å²) in [5.74, 6) is 0.922. The van der Waals surface area contributed by atoms with E-state index in [1.807, 2.05) is 49.1 Å². The number of benzene rings is 3. The van der Waals surface area contributed by atoms with Crippen molar-refractivity contribution in [2.45, 2.75) is 39.0 Å². The van der Waals surface area contributed by atoms with E-state index in [9.17, 15) is 9.59 Å². The van der Waals surface area contributed by atoms with Crippen LogP contribution in [-0.2, 0) is 16.0 Å². The zero-order chi connectivity index (χ0) is 29.2. The number of hydrogen-bond donors (Lipinski definition) is 2. The molecule has 0 unspecified atom stereocenters. The molecular weight excluding hydrogens is 522 g/mol. The first kappa shape index (κ1) is 30.1. The van der Waals surface area contributed by atoms with Crippen molar-refractivity contribution in [2.24, 2.45) is 5.92 Å². The summed E-state index contributed by atoms with van der Waals surface area (Å²) in [6, 6.07) is 19.3. The Morgan fingerprint density at radius 1 is 1.00 bits per heavy atom. The minimum atomic E-state index is -0.468. The molecule has 0 aliphatic carbocycles. The molecule has 0 bridgehead atoms. The quantitative estimate of drug-likeness (QED) is 0.293. The van der Waals surface area contributed by atoms with E-state index in [1.54, 1.807) is 32.4 Å². The normalized spacial score (nSPS) is 16.5. The number of hydrogen-bond acceptors (Lipinski definition) is 7. The number of carbonyl (C=O) groups excluding carboxylic acids is 2. The van der Waals surface area contributed by atoms with E-state index in [0.717, 1.165) is 22.8 Å². The fourth-order valence-electron chi connectivity index (χ4n) is 5.08. The summed E-state index contributed by atoms with van der Waals surface area (Å²) >= 11 is 0. The number of alkyl carbamates (subject to hydrolysis) is 1. The molecule has 1 heterocycles. The number of rotatable bonds is 13. The summed E-state index contributed by atoms with van der Waals surface area (Å²) in [4.78, 5) is 28.3. The zero-order valence-corrected chi connectivity index (χ0v) is 24.4. The number of nitrogens with one attached hydrogen (secondary N) is 2. The maximum absolute atomic E-state index is 13.7. The van der Waals surface area contributed by atoms with Gasteiger partial charge in [-0.3, -0.25) is 4.79 Å². The van der Waals surface area contributed by atoms with Crippen LogP contribution in [0.5, 0.6) is 11.5 Å². The third-order valence-electron chi connectivity index (χ3n) is 7.32. The molecule has 41 heavy (non-hydrogen) atoms. The molecule has 220 valence electrons. The van der Waals surface area contributed by atoms with Crippen molar-refractivity contribution in [3.05, 3.63) is 71.8 Å². The fraction of sp³-hybridized carbons (Fsp3) is 0.438. The lowest BCUT2D eigenvalue weighted by atomic mass is 10.0. The van der Waals surface area contributed by atoms with E-state index in [1.165, 1.54) is 0 Å². The minimum Gasteiger partial charge on any atom is -0.493 e. The lowest BCUT2D eigenvalue weighted by Gasteiger charge is -2.31. The lowest BCUT2D eigenvalue weighted by molar-refractivity contribution is 0.0521. The summed E-state index contributed by atoms with van der Waals surface area (Å²) in [5.41, 5.74) is 1.54. The van der Waals surface area contributed by atoms with Gasteiger partial charge in [0.25, 0.3) is 5.91 Å². The second-order valence-electron chi connectivity index (χ2n) is 10.5. The predicted molar refractivity (Wildman–Crippen MR) is 159 cm³/mol. The molecule has 2 amide bonds. The zero-order valence-electron chi connectivity index (χ0n) is 24.4. The summed E-state index contributed by atoms with van der Waals surface area (Å²) < 4.78 is 22.2. The van der Waals surface area contributed by atoms with Gasteiger partial charge in [-0.05, 0) is 48.4 Å². The molecule has 0 spiro atoms. The monoisotopic (exact) mass is 563 g/mol. The maximum Gasteiger partial charge on any atom is 0.407 e. The van der Waals surface area contributed by atoms with Crippen LogP contribution in [0.3, 0.4) is 0 Å². The summed E-state index contributed by atoms with van der Waals surface area (Å²) in [5, 5.41) is 8.44. The van der Waals surface area contributed by atoms with Crippen LogP contribution in [0, 0.1) is 5.92 Å². The van der Waals surface area contributed by atoms with Crippen LogP contribution in [0.2, 0.25) is 0 Å². The van der Waals surface area contributed by atoms with Crippen molar-refractivity contribution in [3.63, 3.8) is 0 Å². The number of ether oxygens (including phenoxy) is 4. The maximum atomic E-state index is 13.7. The highest BCUT2D eigenvalue weighted by Crippen LogP contribution is 2.29. The molecule has 9 nitrogen and oxygen atoms in total. The molecule has 1 saturated heterocycles. The van der Waals surface area contributed by atoms with Crippen molar-refractivity contribution in [1.82, 2.24) is 15.5 Å². The number of nitrogens with zero attached hydrogens (tertiary/aromatic N) is 1. The molecule has 3 aromatic rings. The highest BCUT2D eigenvalue weighted by molar-refractivity contribution is 5.95. The van der Waals surface area contributed by atoms with E-state index in [0.29, 0.717) is 56.5 Å². The molecule has 0 saturated carbocycles. The Labute approximate surface area is 242 Å². The molecule has 3 aromatic carbocycles. The average molecular weight is 564 g/mol. The third-order valence-corrected chi connectivity index (χ3v) is 7.32. The van der Waals surface area contributed by atoms with E-state index >= 15 is 0 Å². The Bertz CT molecular complexity index is 1310.